The second kappa shape index (κ2) is 8.56. The number of carbonyl (C=O) groups is 3. The van der Waals surface area contributed by atoms with E-state index in [0.717, 1.165) is 0 Å². The van der Waals surface area contributed by atoms with Crippen LogP contribution in [0.25, 0.3) is 0 Å². The fraction of sp³-hybridized carbons (Fsp3) is 0.400. The van der Waals surface area contributed by atoms with Gasteiger partial charge >= 0.3 is 5.97 Å². The second-order valence-corrected chi connectivity index (χ2v) is 9.22. The number of phenols is 2. The molecule has 5 N–H and O–H groups in total. The van der Waals surface area contributed by atoms with E-state index in [4.69, 9.17) is 14.2 Å². The van der Waals surface area contributed by atoms with Crippen LogP contribution in [0.1, 0.15) is 68.3 Å². The minimum Gasteiger partial charge on any atom is -0.507 e. The van der Waals surface area contributed by atoms with Crippen molar-refractivity contribution in [1.82, 2.24) is 0 Å². The zero-order valence-electron chi connectivity index (χ0n) is 19.2. The van der Waals surface area contributed by atoms with Crippen LogP contribution in [0.5, 0.6) is 17.2 Å². The fourth-order valence-corrected chi connectivity index (χ4v) is 5.20. The number of aromatic hydroxyl groups is 2. The Morgan fingerprint density at radius 1 is 1.08 bits per heavy atom. The number of aliphatic carboxylic acids is 1. The summed E-state index contributed by atoms with van der Waals surface area (Å²) in [5, 5.41) is 52.8. The molecular weight excluding hydrogens is 476 g/mol. The first-order valence-corrected chi connectivity index (χ1v) is 11.3. The molecule has 0 aromatic heterocycles. The lowest BCUT2D eigenvalue weighted by atomic mass is 9.73. The van der Waals surface area contributed by atoms with Gasteiger partial charge in [0.2, 0.25) is 5.78 Å². The first-order valence-electron chi connectivity index (χ1n) is 11.3. The van der Waals surface area contributed by atoms with Gasteiger partial charge in [0.05, 0.1) is 42.6 Å². The third kappa shape index (κ3) is 3.54. The molecule has 5 rings (SSSR count). The largest absolute Gasteiger partial charge is 0.507 e. The van der Waals surface area contributed by atoms with E-state index in [9.17, 15) is 39.9 Å². The van der Waals surface area contributed by atoms with E-state index in [1.165, 1.54) is 25.3 Å². The summed E-state index contributed by atoms with van der Waals surface area (Å²) < 4.78 is 16.6. The molecule has 0 amide bonds. The van der Waals surface area contributed by atoms with Gasteiger partial charge < -0.3 is 39.7 Å². The molecule has 4 atom stereocenters. The lowest BCUT2D eigenvalue weighted by molar-refractivity contribution is -0.221. The maximum atomic E-state index is 13.5. The van der Waals surface area contributed by atoms with Crippen LogP contribution in [0.4, 0.5) is 0 Å². The standard InChI is InChI=1S/C25H24O11/c1-34-13-4-2-3-11-16(13)22(29)19-18(20(11)27)21(28)12-7-25(33,24(31)32)8-14(17(12)23(19)30)36-15-6-5-10(26)9-35-15/h2-4,10,14-15,26,28,30,33H,5-9H2,1H3,(H,31,32)/t10-,14-,15-,25-/m0/s1. The number of benzene rings is 2. The first-order chi connectivity index (χ1) is 17.1. The van der Waals surface area contributed by atoms with Crippen molar-refractivity contribution in [2.75, 3.05) is 13.7 Å². The molecule has 11 nitrogen and oxygen atoms in total. The number of ether oxygens (including phenoxy) is 3. The summed E-state index contributed by atoms with van der Waals surface area (Å²) in [6.45, 7) is -0.0293. The van der Waals surface area contributed by atoms with Crippen molar-refractivity contribution in [2.24, 2.45) is 0 Å². The molecule has 1 fully saturated rings. The normalized spacial score (nSPS) is 27.1. The minimum absolute atomic E-state index is 0.0293. The third-order valence-corrected chi connectivity index (χ3v) is 7.00. The molecule has 2 aliphatic carbocycles. The zero-order valence-corrected chi connectivity index (χ0v) is 19.2. The maximum Gasteiger partial charge on any atom is 0.336 e. The molecule has 3 aliphatic rings. The molecule has 1 saturated heterocycles. The highest BCUT2D eigenvalue weighted by molar-refractivity contribution is 6.31. The monoisotopic (exact) mass is 500 g/mol. The summed E-state index contributed by atoms with van der Waals surface area (Å²) in [6.07, 6.45) is -3.47. The molecule has 2 aromatic carbocycles. The van der Waals surface area contributed by atoms with Gasteiger partial charge in [0.25, 0.3) is 0 Å². The number of aliphatic hydroxyl groups excluding tert-OH is 1. The quantitative estimate of drug-likeness (QED) is 0.325. The summed E-state index contributed by atoms with van der Waals surface area (Å²) in [4.78, 5) is 38.8. The van der Waals surface area contributed by atoms with Gasteiger partial charge in [0.1, 0.15) is 17.2 Å². The number of aliphatic hydroxyl groups is 2. The van der Waals surface area contributed by atoms with Crippen molar-refractivity contribution < 1.29 is 54.1 Å². The van der Waals surface area contributed by atoms with Crippen LogP contribution in [0.3, 0.4) is 0 Å². The average Bonchev–Trinajstić information content (AvgIpc) is 2.85. The van der Waals surface area contributed by atoms with Gasteiger partial charge in [-0.05, 0) is 12.5 Å². The molecule has 0 saturated carbocycles. The van der Waals surface area contributed by atoms with Crippen LogP contribution in [-0.4, -0.2) is 74.8 Å². The number of carboxylic acids is 1. The molecule has 2 aromatic rings. The predicted octanol–water partition coefficient (Wildman–Crippen LogP) is 1.20. The fourth-order valence-electron chi connectivity index (χ4n) is 5.20. The van der Waals surface area contributed by atoms with Crippen molar-refractivity contribution in [3.05, 3.63) is 51.6 Å². The topological polar surface area (TPSA) is 180 Å². The van der Waals surface area contributed by atoms with E-state index in [1.807, 2.05) is 0 Å². The smallest absolute Gasteiger partial charge is 0.336 e. The van der Waals surface area contributed by atoms with Crippen LogP contribution >= 0.6 is 0 Å². The third-order valence-electron chi connectivity index (χ3n) is 7.00. The minimum atomic E-state index is -2.40. The summed E-state index contributed by atoms with van der Waals surface area (Å²) in [7, 11) is 1.32. The van der Waals surface area contributed by atoms with Crippen molar-refractivity contribution in [3.63, 3.8) is 0 Å². The number of phenolic OH excluding ortho intramolecular Hbond substituents is 2. The molecule has 0 unspecified atom stereocenters. The van der Waals surface area contributed by atoms with Crippen LogP contribution in [-0.2, 0) is 20.7 Å². The summed E-state index contributed by atoms with van der Waals surface area (Å²) >= 11 is 0. The predicted molar refractivity (Wildman–Crippen MR) is 119 cm³/mol. The lowest BCUT2D eigenvalue weighted by Crippen LogP contribution is -2.46. The number of methoxy groups -OCH3 is 1. The van der Waals surface area contributed by atoms with Gasteiger partial charge in [-0.3, -0.25) is 9.59 Å². The Balaban J connectivity index is 1.69. The highest BCUT2D eigenvalue weighted by Gasteiger charge is 2.50. The van der Waals surface area contributed by atoms with Gasteiger partial charge in [-0.2, -0.15) is 0 Å². The number of rotatable bonds is 4. The highest BCUT2D eigenvalue weighted by atomic mass is 16.7. The van der Waals surface area contributed by atoms with Gasteiger partial charge in [0.15, 0.2) is 17.7 Å². The number of hydrogen-bond acceptors (Lipinski definition) is 10. The molecule has 1 aliphatic heterocycles. The number of carbonyl (C=O) groups excluding carboxylic acids is 2. The van der Waals surface area contributed by atoms with Gasteiger partial charge in [-0.1, -0.05) is 12.1 Å². The number of ketones is 2. The van der Waals surface area contributed by atoms with E-state index in [0.29, 0.717) is 6.42 Å². The Bertz CT molecular complexity index is 1290. The number of fused-ring (bicyclic) bond motifs is 3. The lowest BCUT2D eigenvalue weighted by Gasteiger charge is -2.39. The molecule has 0 bridgehead atoms. The zero-order chi connectivity index (χ0) is 25.9. The molecular formula is C25H24O11. The Hall–Kier alpha value is -3.51. The van der Waals surface area contributed by atoms with E-state index in [2.05, 4.69) is 0 Å². The van der Waals surface area contributed by atoms with Crippen molar-refractivity contribution >= 4 is 17.5 Å². The van der Waals surface area contributed by atoms with Crippen LogP contribution in [0, 0.1) is 0 Å². The van der Waals surface area contributed by atoms with Gasteiger partial charge in [-0.15, -0.1) is 0 Å². The Kier molecular flexibility index (Phi) is 5.75. The van der Waals surface area contributed by atoms with Crippen molar-refractivity contribution in [2.45, 2.75) is 49.8 Å². The van der Waals surface area contributed by atoms with E-state index >= 15 is 0 Å². The molecule has 11 heteroatoms. The van der Waals surface area contributed by atoms with E-state index in [1.54, 1.807) is 0 Å². The Morgan fingerprint density at radius 3 is 2.44 bits per heavy atom. The number of hydrogen-bond donors (Lipinski definition) is 5. The number of carboxylic acid groups (broad SMARTS) is 1. The molecule has 36 heavy (non-hydrogen) atoms. The van der Waals surface area contributed by atoms with Crippen LogP contribution < -0.4 is 4.74 Å². The molecule has 1 heterocycles. The molecule has 190 valence electrons. The average molecular weight is 500 g/mol. The van der Waals surface area contributed by atoms with Crippen LogP contribution in [0.2, 0.25) is 0 Å². The van der Waals surface area contributed by atoms with Gasteiger partial charge in [-0.25, -0.2) is 4.79 Å². The first kappa shape index (κ1) is 24.2. The molecule has 0 spiro atoms. The summed E-state index contributed by atoms with van der Waals surface area (Å²) in [5.41, 5.74) is -3.78. The van der Waals surface area contributed by atoms with Gasteiger partial charge in [0, 0.05) is 36.0 Å². The summed E-state index contributed by atoms with van der Waals surface area (Å²) in [6, 6.07) is 4.36. The SMILES string of the molecule is COc1cccc2c1C(=O)c1c(O)c3c(c(O)c1C2=O)C[C@@](O)(C(=O)O)C[C@@H]3O[C@H]1CC[C@H](O)CO1. The highest BCUT2D eigenvalue weighted by Crippen LogP contribution is 2.52. The second-order valence-electron chi connectivity index (χ2n) is 9.22. The van der Waals surface area contributed by atoms with E-state index in [-0.39, 0.29) is 41.0 Å². The van der Waals surface area contributed by atoms with E-state index < -0.39 is 77.1 Å². The Labute approximate surface area is 204 Å². The maximum absolute atomic E-state index is 13.5. The molecule has 0 radical (unpaired) electrons. The van der Waals surface area contributed by atoms with Crippen molar-refractivity contribution in [1.29, 1.82) is 0 Å². The summed E-state index contributed by atoms with van der Waals surface area (Å²) in [5.74, 6) is -4.37. The Morgan fingerprint density at radius 2 is 1.81 bits per heavy atom. The van der Waals surface area contributed by atoms with Crippen molar-refractivity contribution in [3.8, 4) is 17.2 Å². The van der Waals surface area contributed by atoms with Crippen LogP contribution in [0.15, 0.2) is 18.2 Å².